The van der Waals surface area contributed by atoms with Crippen LogP contribution >= 0.6 is 0 Å². The van der Waals surface area contributed by atoms with Gasteiger partial charge in [-0.25, -0.2) is 9.37 Å². The van der Waals surface area contributed by atoms with E-state index in [1.807, 2.05) is 26.0 Å². The highest BCUT2D eigenvalue weighted by atomic mass is 19.1. The first-order valence-corrected chi connectivity index (χ1v) is 10.1. The van der Waals surface area contributed by atoms with Crippen molar-refractivity contribution in [3.05, 3.63) is 75.7 Å². The molecule has 0 atom stereocenters. The van der Waals surface area contributed by atoms with Gasteiger partial charge < -0.3 is 20.4 Å². The number of nitrogens with one attached hydrogen (secondary N) is 2. The van der Waals surface area contributed by atoms with Gasteiger partial charge in [-0.2, -0.15) is 5.26 Å². The Labute approximate surface area is 184 Å². The maximum absolute atomic E-state index is 15.3. The van der Waals surface area contributed by atoms with Crippen LogP contribution in [-0.2, 0) is 12.3 Å². The van der Waals surface area contributed by atoms with E-state index in [0.29, 0.717) is 39.5 Å². The number of aliphatic hydroxyl groups is 1. The molecule has 1 amide bonds. The van der Waals surface area contributed by atoms with Crippen LogP contribution in [0.3, 0.4) is 0 Å². The molecule has 0 unspecified atom stereocenters. The molecular formula is C24H22FN5O2. The molecule has 2 aromatic carbocycles. The predicted octanol–water partition coefficient (Wildman–Crippen LogP) is 3.38. The number of benzene rings is 2. The Morgan fingerprint density at radius 1 is 1.31 bits per heavy atom. The Balaban J connectivity index is 1.61. The number of hydrogen-bond acceptors (Lipinski definition) is 5. The van der Waals surface area contributed by atoms with Crippen LogP contribution < -0.4 is 0 Å². The summed E-state index contributed by atoms with van der Waals surface area (Å²) in [6.07, 6.45) is 1.12. The zero-order chi connectivity index (χ0) is 23.0. The van der Waals surface area contributed by atoms with E-state index >= 15 is 4.39 Å². The number of halogens is 1. The van der Waals surface area contributed by atoms with Crippen molar-refractivity contribution in [1.29, 1.82) is 10.7 Å². The predicted molar refractivity (Wildman–Crippen MR) is 117 cm³/mol. The molecule has 0 spiro atoms. The van der Waals surface area contributed by atoms with Crippen LogP contribution in [0.5, 0.6) is 0 Å². The zero-order valence-electron chi connectivity index (χ0n) is 17.7. The lowest BCUT2D eigenvalue weighted by molar-refractivity contribution is -0.0231. The molecule has 0 radical (unpaired) electrons. The van der Waals surface area contributed by atoms with E-state index in [2.05, 4.69) is 9.97 Å². The Bertz CT molecular complexity index is 1250. The number of H-pyrrole nitrogens is 1. The summed E-state index contributed by atoms with van der Waals surface area (Å²) < 4.78 is 15.3. The van der Waals surface area contributed by atoms with Crippen LogP contribution in [-0.4, -0.2) is 45.2 Å². The van der Waals surface area contributed by atoms with Crippen molar-refractivity contribution in [1.82, 2.24) is 14.9 Å². The maximum Gasteiger partial charge on any atom is 0.254 e. The van der Waals surface area contributed by atoms with Crippen LogP contribution in [0.1, 0.15) is 44.1 Å². The number of rotatable bonds is 5. The summed E-state index contributed by atoms with van der Waals surface area (Å²) in [4.78, 5) is 21.9. The number of nitrogens with zero attached hydrogens (tertiary/aromatic N) is 3. The lowest BCUT2D eigenvalue weighted by Gasteiger charge is -2.45. The first kappa shape index (κ1) is 21.4. The average Bonchev–Trinajstić information content (AvgIpc) is 3.20. The van der Waals surface area contributed by atoms with Gasteiger partial charge >= 0.3 is 0 Å². The lowest BCUT2D eigenvalue weighted by atomic mass is 9.86. The number of amides is 1. The summed E-state index contributed by atoms with van der Waals surface area (Å²) in [5.74, 6) is 0.0544. The SMILES string of the molecule is Cc1cc(C)c(-c2nc(CO)[nH]c2C=N)cc1C(=O)N1CC(F)(c2ccc(C#N)cc2)C1. The second-order valence-corrected chi connectivity index (χ2v) is 8.05. The van der Waals surface area contributed by atoms with Gasteiger partial charge in [-0.05, 0) is 48.7 Å². The third kappa shape index (κ3) is 3.57. The molecule has 1 saturated heterocycles. The minimum atomic E-state index is -1.64. The van der Waals surface area contributed by atoms with Crippen LogP contribution in [0, 0.1) is 30.6 Å². The molecule has 3 aromatic rings. The fourth-order valence-electron chi connectivity index (χ4n) is 4.06. The number of carbonyl (C=O) groups is 1. The van der Waals surface area contributed by atoms with E-state index in [1.165, 1.54) is 4.90 Å². The second kappa shape index (κ2) is 8.02. The van der Waals surface area contributed by atoms with Crippen molar-refractivity contribution in [2.45, 2.75) is 26.1 Å². The smallest absolute Gasteiger partial charge is 0.254 e. The van der Waals surface area contributed by atoms with Crippen LogP contribution in [0.4, 0.5) is 4.39 Å². The molecule has 162 valence electrons. The van der Waals surface area contributed by atoms with Gasteiger partial charge in [0.1, 0.15) is 12.4 Å². The molecule has 3 N–H and O–H groups in total. The quantitative estimate of drug-likeness (QED) is 0.537. The van der Waals surface area contributed by atoms with E-state index in [1.54, 1.807) is 30.3 Å². The van der Waals surface area contributed by atoms with Crippen molar-refractivity contribution in [3.8, 4) is 17.3 Å². The van der Waals surface area contributed by atoms with Crippen molar-refractivity contribution >= 4 is 12.1 Å². The summed E-state index contributed by atoms with van der Waals surface area (Å²) >= 11 is 0. The molecular weight excluding hydrogens is 409 g/mol. The van der Waals surface area contributed by atoms with Gasteiger partial charge in [-0.1, -0.05) is 18.2 Å². The van der Waals surface area contributed by atoms with Gasteiger partial charge in [-0.15, -0.1) is 0 Å². The minimum Gasteiger partial charge on any atom is -0.388 e. The van der Waals surface area contributed by atoms with Crippen LogP contribution in [0.2, 0.25) is 0 Å². The molecule has 7 nitrogen and oxygen atoms in total. The zero-order valence-corrected chi connectivity index (χ0v) is 17.7. The normalized spacial score (nSPS) is 14.5. The topological polar surface area (TPSA) is 117 Å². The number of aromatic amines is 1. The number of carbonyl (C=O) groups excluding carboxylic acids is 1. The van der Waals surface area contributed by atoms with Gasteiger partial charge in [0.25, 0.3) is 5.91 Å². The molecule has 8 heteroatoms. The number of likely N-dealkylation sites (tertiary alicyclic amines) is 1. The summed E-state index contributed by atoms with van der Waals surface area (Å²) in [7, 11) is 0. The Morgan fingerprint density at radius 3 is 2.59 bits per heavy atom. The summed E-state index contributed by atoms with van der Waals surface area (Å²) in [6, 6.07) is 11.9. The highest BCUT2D eigenvalue weighted by Gasteiger charge is 2.47. The molecule has 1 fully saturated rings. The molecule has 1 aliphatic rings. The molecule has 32 heavy (non-hydrogen) atoms. The van der Waals surface area contributed by atoms with Gasteiger partial charge in [0.15, 0.2) is 5.67 Å². The molecule has 0 aliphatic carbocycles. The summed E-state index contributed by atoms with van der Waals surface area (Å²) in [6.45, 7) is 3.29. The largest absolute Gasteiger partial charge is 0.388 e. The fraction of sp³-hybridized carbons (Fsp3) is 0.250. The molecule has 0 saturated carbocycles. The standard InChI is InChI=1S/C24H22FN5O2/c1-14-7-15(2)19(8-18(14)22-20(10-27)28-21(11-31)29-22)23(32)30-12-24(25,13-30)17-5-3-16(9-26)4-6-17/h3-8,10,27,31H,11-13H2,1-2H3,(H,28,29). The van der Waals surface area contributed by atoms with E-state index in [9.17, 15) is 9.90 Å². The number of alkyl halides is 1. The van der Waals surface area contributed by atoms with Gasteiger partial charge in [-0.3, -0.25) is 4.79 Å². The van der Waals surface area contributed by atoms with Gasteiger partial charge in [0.2, 0.25) is 0 Å². The molecule has 1 aliphatic heterocycles. The molecule has 2 heterocycles. The second-order valence-electron chi connectivity index (χ2n) is 8.05. The third-order valence-electron chi connectivity index (χ3n) is 5.83. The lowest BCUT2D eigenvalue weighted by Crippen LogP contribution is -2.58. The van der Waals surface area contributed by atoms with Gasteiger partial charge in [0.05, 0.1) is 36.1 Å². The molecule has 1 aromatic heterocycles. The number of aromatic nitrogens is 2. The minimum absolute atomic E-state index is 0.0663. The first-order valence-electron chi connectivity index (χ1n) is 10.1. The molecule has 0 bridgehead atoms. The number of aliphatic hydroxyl groups excluding tert-OH is 1. The van der Waals surface area contributed by atoms with Crippen molar-refractivity contribution in [2.75, 3.05) is 13.1 Å². The highest BCUT2D eigenvalue weighted by Crippen LogP contribution is 2.38. The average molecular weight is 431 g/mol. The first-order chi connectivity index (χ1) is 15.3. The van der Waals surface area contributed by atoms with E-state index < -0.39 is 5.67 Å². The van der Waals surface area contributed by atoms with Crippen molar-refractivity contribution < 1.29 is 14.3 Å². The van der Waals surface area contributed by atoms with Crippen LogP contribution in [0.25, 0.3) is 11.3 Å². The summed E-state index contributed by atoms with van der Waals surface area (Å²) in [5, 5.41) is 25.9. The monoisotopic (exact) mass is 431 g/mol. The number of hydrogen-bond donors (Lipinski definition) is 3. The number of aryl methyl sites for hydroxylation is 2. The fourth-order valence-corrected chi connectivity index (χ4v) is 4.06. The van der Waals surface area contributed by atoms with Crippen molar-refractivity contribution in [2.24, 2.45) is 0 Å². The third-order valence-corrected chi connectivity index (χ3v) is 5.83. The van der Waals surface area contributed by atoms with E-state index in [-0.39, 0.29) is 25.6 Å². The molecule has 4 rings (SSSR count). The maximum atomic E-state index is 15.3. The Kier molecular flexibility index (Phi) is 5.36. The van der Waals surface area contributed by atoms with E-state index in [0.717, 1.165) is 17.3 Å². The highest BCUT2D eigenvalue weighted by molar-refractivity contribution is 5.98. The number of nitriles is 1. The Hall–Kier alpha value is -3.83. The summed E-state index contributed by atoms with van der Waals surface area (Å²) in [5.41, 5.74) is 2.94. The Morgan fingerprint density at radius 2 is 2.00 bits per heavy atom. The van der Waals surface area contributed by atoms with Crippen molar-refractivity contribution in [3.63, 3.8) is 0 Å². The van der Waals surface area contributed by atoms with E-state index in [4.69, 9.17) is 10.7 Å². The van der Waals surface area contributed by atoms with Gasteiger partial charge in [0, 0.05) is 17.3 Å². The van der Waals surface area contributed by atoms with Crippen LogP contribution in [0.15, 0.2) is 36.4 Å². The number of imidazole rings is 1.